The van der Waals surface area contributed by atoms with Crippen LogP contribution in [0.1, 0.15) is 5.56 Å². The van der Waals surface area contributed by atoms with Crippen LogP contribution in [0.15, 0.2) is 48.5 Å². The Labute approximate surface area is 147 Å². The second-order valence-electron chi connectivity index (χ2n) is 5.91. The molecule has 1 heterocycles. The summed E-state index contributed by atoms with van der Waals surface area (Å²) in [6.07, 6.45) is 0. The van der Waals surface area contributed by atoms with Gasteiger partial charge in [0.2, 0.25) is 10.0 Å². The molecule has 7 heteroatoms. The number of ether oxygens (including phenoxy) is 1. The van der Waals surface area contributed by atoms with Crippen LogP contribution in [0.3, 0.4) is 0 Å². The normalized spacial score (nSPS) is 16.0. The molecular weight excluding hydrogens is 343 g/mol. The van der Waals surface area contributed by atoms with E-state index in [0.717, 1.165) is 11.4 Å². The van der Waals surface area contributed by atoms with Gasteiger partial charge in [-0.05, 0) is 18.2 Å². The fourth-order valence-corrected chi connectivity index (χ4v) is 4.53. The first-order chi connectivity index (χ1) is 12.0. The monoisotopic (exact) mass is 364 g/mol. The van der Waals surface area contributed by atoms with Gasteiger partial charge in [0.25, 0.3) is 0 Å². The summed E-state index contributed by atoms with van der Waals surface area (Å²) in [5.74, 6) is -0.0298. The van der Waals surface area contributed by atoms with Crippen molar-refractivity contribution in [2.24, 2.45) is 0 Å². The summed E-state index contributed by atoms with van der Waals surface area (Å²) in [6.45, 7) is 1.87. The van der Waals surface area contributed by atoms with E-state index in [1.54, 1.807) is 19.2 Å². The lowest BCUT2D eigenvalue weighted by Gasteiger charge is -2.36. The van der Waals surface area contributed by atoms with E-state index in [0.29, 0.717) is 26.2 Å². The van der Waals surface area contributed by atoms with E-state index in [9.17, 15) is 12.8 Å². The number of sulfonamides is 1. The highest BCUT2D eigenvalue weighted by molar-refractivity contribution is 7.88. The zero-order chi connectivity index (χ0) is 17.9. The molecule has 2 aromatic rings. The fourth-order valence-electron chi connectivity index (χ4n) is 3.00. The quantitative estimate of drug-likeness (QED) is 0.818. The minimum Gasteiger partial charge on any atom is -0.495 e. The Bertz CT molecular complexity index is 834. The molecule has 2 aromatic carbocycles. The summed E-state index contributed by atoms with van der Waals surface area (Å²) < 4.78 is 45.7. The van der Waals surface area contributed by atoms with Crippen LogP contribution in [0, 0.1) is 5.82 Å². The van der Waals surface area contributed by atoms with E-state index in [4.69, 9.17) is 4.74 Å². The van der Waals surface area contributed by atoms with Crippen LogP contribution < -0.4 is 9.64 Å². The van der Waals surface area contributed by atoms with Crippen LogP contribution in [0.5, 0.6) is 5.75 Å². The summed E-state index contributed by atoms with van der Waals surface area (Å²) in [5, 5.41) is 0. The molecule has 3 rings (SSSR count). The smallest absolute Gasteiger partial charge is 0.218 e. The van der Waals surface area contributed by atoms with Crippen molar-refractivity contribution in [1.82, 2.24) is 4.31 Å². The Morgan fingerprint density at radius 1 is 1.00 bits per heavy atom. The summed E-state index contributed by atoms with van der Waals surface area (Å²) >= 11 is 0. The second kappa shape index (κ2) is 7.41. The van der Waals surface area contributed by atoms with Gasteiger partial charge in [0.1, 0.15) is 11.6 Å². The van der Waals surface area contributed by atoms with Crippen molar-refractivity contribution in [2.45, 2.75) is 5.75 Å². The summed E-state index contributed by atoms with van der Waals surface area (Å²) in [4.78, 5) is 2.11. The third kappa shape index (κ3) is 3.93. The number of anilines is 1. The summed E-state index contributed by atoms with van der Waals surface area (Å²) in [5.41, 5.74) is 1.16. The maximum absolute atomic E-state index is 13.7. The predicted molar refractivity (Wildman–Crippen MR) is 95.8 cm³/mol. The van der Waals surface area contributed by atoms with Crippen LogP contribution in [0.2, 0.25) is 0 Å². The maximum atomic E-state index is 13.7. The van der Waals surface area contributed by atoms with Crippen molar-refractivity contribution in [1.29, 1.82) is 0 Å². The van der Waals surface area contributed by atoms with Crippen molar-refractivity contribution in [3.05, 3.63) is 59.9 Å². The van der Waals surface area contributed by atoms with Gasteiger partial charge in [0.15, 0.2) is 0 Å². The van der Waals surface area contributed by atoms with E-state index < -0.39 is 15.8 Å². The minimum absolute atomic E-state index is 0.203. The molecule has 1 fully saturated rings. The zero-order valence-corrected chi connectivity index (χ0v) is 14.9. The zero-order valence-electron chi connectivity index (χ0n) is 14.1. The topological polar surface area (TPSA) is 49.9 Å². The second-order valence-corrected chi connectivity index (χ2v) is 7.87. The standard InChI is InChI=1S/C18H21FN2O3S/c1-24-18-9-5-4-8-17(18)20-10-12-21(13-11-20)25(22,23)14-15-6-2-3-7-16(15)19/h2-9H,10-14H2,1H3. The van der Waals surface area contributed by atoms with E-state index in [-0.39, 0.29) is 11.3 Å². The lowest BCUT2D eigenvalue weighted by Crippen LogP contribution is -2.49. The Hall–Kier alpha value is -2.12. The molecular formula is C18H21FN2O3S. The minimum atomic E-state index is -3.54. The highest BCUT2D eigenvalue weighted by Gasteiger charge is 2.28. The first-order valence-electron chi connectivity index (χ1n) is 8.10. The molecule has 25 heavy (non-hydrogen) atoms. The van der Waals surface area contributed by atoms with Gasteiger partial charge in [-0.3, -0.25) is 0 Å². The van der Waals surface area contributed by atoms with Crippen LogP contribution in [0.4, 0.5) is 10.1 Å². The molecule has 0 spiro atoms. The number of piperazine rings is 1. The predicted octanol–water partition coefficient (Wildman–Crippen LogP) is 2.49. The molecule has 1 saturated heterocycles. The van der Waals surface area contributed by atoms with Crippen LogP contribution in [-0.2, 0) is 15.8 Å². The highest BCUT2D eigenvalue weighted by Crippen LogP contribution is 2.29. The fraction of sp³-hybridized carbons (Fsp3) is 0.333. The van der Waals surface area contributed by atoms with E-state index in [1.807, 2.05) is 24.3 Å². The van der Waals surface area contributed by atoms with Crippen molar-refractivity contribution in [3.63, 3.8) is 0 Å². The first kappa shape index (κ1) is 17.7. The molecule has 0 unspecified atom stereocenters. The van der Waals surface area contributed by atoms with Crippen molar-refractivity contribution in [3.8, 4) is 5.75 Å². The summed E-state index contributed by atoms with van der Waals surface area (Å²) in [6, 6.07) is 13.7. The third-order valence-corrected chi connectivity index (χ3v) is 6.18. The number of halogens is 1. The van der Waals surface area contributed by atoms with Gasteiger partial charge >= 0.3 is 0 Å². The number of nitrogens with zero attached hydrogens (tertiary/aromatic N) is 2. The number of hydrogen-bond acceptors (Lipinski definition) is 4. The Kier molecular flexibility index (Phi) is 5.24. The van der Waals surface area contributed by atoms with Gasteiger partial charge in [0.05, 0.1) is 18.6 Å². The lowest BCUT2D eigenvalue weighted by atomic mass is 10.2. The van der Waals surface area contributed by atoms with Crippen molar-refractivity contribution < 1.29 is 17.5 Å². The molecule has 0 atom stereocenters. The van der Waals surface area contributed by atoms with Gasteiger partial charge in [-0.2, -0.15) is 4.31 Å². The SMILES string of the molecule is COc1ccccc1N1CCN(S(=O)(=O)Cc2ccccc2F)CC1. The molecule has 0 radical (unpaired) electrons. The Morgan fingerprint density at radius 2 is 1.64 bits per heavy atom. The molecule has 1 aliphatic rings. The van der Waals surface area contributed by atoms with Gasteiger partial charge in [0, 0.05) is 31.7 Å². The molecule has 0 amide bonds. The number of rotatable bonds is 5. The average molecular weight is 364 g/mol. The molecule has 5 nitrogen and oxygen atoms in total. The van der Waals surface area contributed by atoms with Crippen LogP contribution in [-0.4, -0.2) is 46.0 Å². The molecule has 1 aliphatic heterocycles. The van der Waals surface area contributed by atoms with E-state index in [2.05, 4.69) is 4.90 Å². The largest absolute Gasteiger partial charge is 0.495 e. The Morgan fingerprint density at radius 3 is 2.32 bits per heavy atom. The van der Waals surface area contributed by atoms with Crippen molar-refractivity contribution >= 4 is 15.7 Å². The summed E-state index contributed by atoms with van der Waals surface area (Å²) in [7, 11) is -1.93. The first-order valence-corrected chi connectivity index (χ1v) is 9.71. The van der Waals surface area contributed by atoms with E-state index in [1.165, 1.54) is 16.4 Å². The van der Waals surface area contributed by atoms with Crippen LogP contribution in [0.25, 0.3) is 0 Å². The van der Waals surface area contributed by atoms with Crippen LogP contribution >= 0.6 is 0 Å². The Balaban J connectivity index is 1.68. The molecule has 0 bridgehead atoms. The maximum Gasteiger partial charge on any atom is 0.218 e. The number of para-hydroxylation sites is 2. The highest BCUT2D eigenvalue weighted by atomic mass is 32.2. The molecule has 0 aromatic heterocycles. The lowest BCUT2D eigenvalue weighted by molar-refractivity contribution is 0.377. The third-order valence-electron chi connectivity index (χ3n) is 4.35. The molecule has 134 valence electrons. The van der Waals surface area contributed by atoms with Gasteiger partial charge in [-0.15, -0.1) is 0 Å². The van der Waals surface area contributed by atoms with Crippen molar-refractivity contribution in [2.75, 3.05) is 38.2 Å². The number of methoxy groups -OCH3 is 1. The van der Waals surface area contributed by atoms with E-state index >= 15 is 0 Å². The number of hydrogen-bond donors (Lipinski definition) is 0. The molecule has 0 saturated carbocycles. The number of benzene rings is 2. The molecule has 0 aliphatic carbocycles. The van der Waals surface area contributed by atoms with Gasteiger partial charge in [-0.25, -0.2) is 12.8 Å². The van der Waals surface area contributed by atoms with Gasteiger partial charge < -0.3 is 9.64 Å². The average Bonchev–Trinajstić information content (AvgIpc) is 2.63. The van der Waals surface area contributed by atoms with Gasteiger partial charge in [-0.1, -0.05) is 30.3 Å². The molecule has 0 N–H and O–H groups in total.